The maximum atomic E-state index is 13.8. The molecular weight excluding hydrogens is 829 g/mol. The molecule has 0 spiro atoms. The Morgan fingerprint density at radius 3 is 1.62 bits per heavy atom. The fourth-order valence-corrected chi connectivity index (χ4v) is 9.52. The molecule has 0 radical (unpaired) electrons. The topological polar surface area (TPSA) is 105 Å². The molecule has 1 aliphatic rings. The maximum absolute atomic E-state index is 13.8. The van der Waals surface area contributed by atoms with Crippen molar-refractivity contribution >= 4 is 38.4 Å². The molecule has 12 nitrogen and oxygen atoms in total. The summed E-state index contributed by atoms with van der Waals surface area (Å²) in [5, 5.41) is 3.63. The third-order valence-electron chi connectivity index (χ3n) is 10.8. The van der Waals surface area contributed by atoms with Crippen LogP contribution in [0.4, 0.5) is 11.4 Å². The van der Waals surface area contributed by atoms with Crippen LogP contribution in [0.2, 0.25) is 0 Å². The van der Waals surface area contributed by atoms with Gasteiger partial charge in [0.2, 0.25) is 7.37 Å². The summed E-state index contributed by atoms with van der Waals surface area (Å²) in [5.74, 6) is 15.2. The molecule has 63 heavy (non-hydrogen) atoms. The molecule has 0 bridgehead atoms. The average molecular weight is 896 g/mol. The number of methoxy groups -OCH3 is 2. The first kappa shape index (κ1) is 49.5. The van der Waals surface area contributed by atoms with E-state index in [1.165, 1.54) is 0 Å². The summed E-state index contributed by atoms with van der Waals surface area (Å²) in [6, 6.07) is 20.1. The first-order valence-corrected chi connectivity index (χ1v) is 25.2. The van der Waals surface area contributed by atoms with Crippen LogP contribution in [0.15, 0.2) is 60.7 Å². The molecule has 2 unspecified atom stereocenters. The number of hydrogen-bond donors (Lipinski definition) is 1. The second-order valence-corrected chi connectivity index (χ2v) is 18.6. The molecule has 0 amide bonds. The molecule has 2 aromatic heterocycles. The van der Waals surface area contributed by atoms with E-state index in [2.05, 4.69) is 94.5 Å². The third kappa shape index (κ3) is 14.5. The van der Waals surface area contributed by atoms with Crippen molar-refractivity contribution < 1.29 is 23.1 Å². The number of benzene rings is 2. The molecular formula is C49H67N7O5P2. The van der Waals surface area contributed by atoms with Gasteiger partial charge in [-0.3, -0.25) is 14.4 Å². The summed E-state index contributed by atoms with van der Waals surface area (Å²) >= 11 is 0. The predicted molar refractivity (Wildman–Crippen MR) is 261 cm³/mol. The van der Waals surface area contributed by atoms with Crippen molar-refractivity contribution in [2.75, 3.05) is 109 Å². The number of nitrogens with zero attached hydrogens (tertiary/aromatic N) is 6. The highest BCUT2D eigenvalue weighted by Crippen LogP contribution is 2.40. The molecule has 2 aromatic carbocycles. The van der Waals surface area contributed by atoms with Gasteiger partial charge < -0.3 is 33.6 Å². The highest BCUT2D eigenvalue weighted by atomic mass is 31.2. The van der Waals surface area contributed by atoms with Crippen molar-refractivity contribution in [1.82, 2.24) is 25.1 Å². The van der Waals surface area contributed by atoms with Crippen LogP contribution in [-0.4, -0.2) is 119 Å². The van der Waals surface area contributed by atoms with Crippen LogP contribution >= 0.6 is 16.2 Å². The van der Waals surface area contributed by atoms with E-state index in [9.17, 15) is 4.57 Å². The lowest BCUT2D eigenvalue weighted by atomic mass is 10.1. The van der Waals surface area contributed by atoms with E-state index < -0.39 is 7.37 Å². The van der Waals surface area contributed by atoms with Gasteiger partial charge in [-0.1, -0.05) is 23.7 Å². The van der Waals surface area contributed by atoms with E-state index in [0.29, 0.717) is 31.7 Å². The fraction of sp³-hybridized carbons (Fsp3) is 0.469. The van der Waals surface area contributed by atoms with Gasteiger partial charge in [0.15, 0.2) is 0 Å². The Morgan fingerprint density at radius 1 is 0.651 bits per heavy atom. The second-order valence-electron chi connectivity index (χ2n) is 15.2. The minimum atomic E-state index is -3.18. The molecule has 1 N–H and O–H groups in total. The summed E-state index contributed by atoms with van der Waals surface area (Å²) in [5.41, 5.74) is 8.59. The fourth-order valence-electron chi connectivity index (χ4n) is 7.51. The van der Waals surface area contributed by atoms with Crippen LogP contribution < -0.4 is 35.5 Å². The molecule has 14 heteroatoms. The summed E-state index contributed by atoms with van der Waals surface area (Å²) in [4.78, 5) is 19.3. The van der Waals surface area contributed by atoms with Crippen molar-refractivity contribution in [2.24, 2.45) is 0 Å². The smallest absolute Gasteiger partial charge is 0.247 e. The third-order valence-corrected chi connectivity index (χ3v) is 13.5. The number of rotatable bonds is 18. The Morgan fingerprint density at radius 2 is 1.14 bits per heavy atom. The minimum Gasteiger partial charge on any atom is -0.495 e. The standard InChI is InChI=1S/C49H67N7O5P2/c1-10-55(11-2)44-32-38(20-22-46(44)58-7)16-18-40-30-42(51-48(34-40)62-60-14-5)36-53-26-24-50-25-27-54(29-28-53)37-43-31-41(35-49(52-43)63(9,57)61-15-6)19-17-39-21-23-47(59-8)45(33-39)56(12-3)13-4/h20-23,30-35,50,62H,10-15,24-29,36-37H2,1-9H3. The van der Waals surface area contributed by atoms with Gasteiger partial charge in [0.05, 0.1) is 57.8 Å². The number of anilines is 2. The van der Waals surface area contributed by atoms with Crippen LogP contribution in [0.3, 0.4) is 0 Å². The van der Waals surface area contributed by atoms with Crippen molar-refractivity contribution in [3.63, 3.8) is 0 Å². The molecule has 2 atom stereocenters. The van der Waals surface area contributed by atoms with E-state index in [1.807, 2.05) is 56.3 Å². The van der Waals surface area contributed by atoms with E-state index >= 15 is 0 Å². The van der Waals surface area contributed by atoms with Gasteiger partial charge in [-0.05, 0) is 102 Å². The zero-order valence-electron chi connectivity index (χ0n) is 38.8. The average Bonchev–Trinajstić information content (AvgIpc) is 3.39. The van der Waals surface area contributed by atoms with Gasteiger partial charge in [0.25, 0.3) is 0 Å². The van der Waals surface area contributed by atoms with Gasteiger partial charge in [-0.25, -0.2) is 9.97 Å². The lowest BCUT2D eigenvalue weighted by Crippen LogP contribution is -2.36. The lowest BCUT2D eigenvalue weighted by Gasteiger charge is -2.26. The largest absolute Gasteiger partial charge is 0.495 e. The first-order chi connectivity index (χ1) is 30.6. The van der Waals surface area contributed by atoms with Crippen molar-refractivity contribution in [3.05, 3.63) is 94.3 Å². The van der Waals surface area contributed by atoms with Crippen LogP contribution in [0.5, 0.6) is 11.5 Å². The van der Waals surface area contributed by atoms with Gasteiger partial charge in [0.1, 0.15) is 16.9 Å². The highest BCUT2D eigenvalue weighted by Gasteiger charge is 2.23. The van der Waals surface area contributed by atoms with Crippen LogP contribution in [0.25, 0.3) is 0 Å². The molecule has 4 aromatic rings. The predicted octanol–water partition coefficient (Wildman–Crippen LogP) is 6.72. The van der Waals surface area contributed by atoms with E-state index in [-0.39, 0.29) is 8.81 Å². The molecule has 338 valence electrons. The Bertz CT molecular complexity index is 2280. The second kappa shape index (κ2) is 25.1. The van der Waals surface area contributed by atoms with Gasteiger partial charge in [0, 0.05) is 114 Å². The lowest BCUT2D eigenvalue weighted by molar-refractivity contribution is 0.207. The molecule has 0 saturated carbocycles. The molecule has 3 heterocycles. The van der Waals surface area contributed by atoms with Crippen LogP contribution in [-0.2, 0) is 26.7 Å². The van der Waals surface area contributed by atoms with Crippen molar-refractivity contribution in [1.29, 1.82) is 0 Å². The van der Waals surface area contributed by atoms with Gasteiger partial charge in [-0.15, -0.1) is 0 Å². The Kier molecular flexibility index (Phi) is 19.8. The Labute approximate surface area is 378 Å². The van der Waals surface area contributed by atoms with Crippen molar-refractivity contribution in [2.45, 2.75) is 54.6 Å². The Hall–Kier alpha value is -4.48. The SMILES string of the molecule is CCOPc1cc(C#Cc2ccc(OC)c(N(CC)CC)c2)cc(CN2CCNCCN(Cc3cc(C#Cc4ccc(OC)c(N(CC)CC)c4)cc(P(C)(=O)OCC)n3)CC2)n1. The van der Waals surface area contributed by atoms with E-state index in [1.54, 1.807) is 20.9 Å². The molecule has 5 rings (SSSR count). The van der Waals surface area contributed by atoms with Gasteiger partial charge >= 0.3 is 0 Å². The zero-order valence-corrected chi connectivity index (χ0v) is 40.7. The molecule has 0 aliphatic carbocycles. The quantitative estimate of drug-likeness (QED) is 0.0848. The summed E-state index contributed by atoms with van der Waals surface area (Å²) in [7, 11) is 0.353. The summed E-state index contributed by atoms with van der Waals surface area (Å²) < 4.78 is 36.7. The Balaban J connectivity index is 1.38. The summed E-state index contributed by atoms with van der Waals surface area (Å²) in [6.07, 6.45) is 0. The van der Waals surface area contributed by atoms with Gasteiger partial charge in [-0.2, -0.15) is 0 Å². The minimum absolute atomic E-state index is 0.137. The molecule has 1 aliphatic heterocycles. The zero-order chi connectivity index (χ0) is 45.2. The van der Waals surface area contributed by atoms with Crippen LogP contribution in [0, 0.1) is 23.7 Å². The van der Waals surface area contributed by atoms with E-state index in [4.69, 9.17) is 28.5 Å². The number of ether oxygens (including phenoxy) is 2. The van der Waals surface area contributed by atoms with E-state index in [0.717, 1.165) is 127 Å². The maximum Gasteiger partial charge on any atom is 0.247 e. The monoisotopic (exact) mass is 895 g/mol. The summed E-state index contributed by atoms with van der Waals surface area (Å²) in [6.45, 7) is 24.7. The highest BCUT2D eigenvalue weighted by molar-refractivity contribution is 7.65. The van der Waals surface area contributed by atoms with Crippen molar-refractivity contribution in [3.8, 4) is 35.2 Å². The number of hydrogen-bond acceptors (Lipinski definition) is 12. The number of nitrogens with one attached hydrogen (secondary N) is 1. The number of pyridine rings is 2. The van der Waals surface area contributed by atoms with Crippen LogP contribution in [0.1, 0.15) is 75.2 Å². The first-order valence-electron chi connectivity index (χ1n) is 22.2. The normalized spacial score (nSPS) is 14.7. The number of aromatic nitrogens is 2. The molecule has 1 saturated heterocycles. The molecule has 1 fully saturated rings.